The summed E-state index contributed by atoms with van der Waals surface area (Å²) < 4.78 is 0. The highest BCUT2D eigenvalue weighted by Crippen LogP contribution is 2.18. The molecule has 0 radical (unpaired) electrons. The van der Waals surface area contributed by atoms with E-state index in [1.54, 1.807) is 6.08 Å². The minimum atomic E-state index is -0.368. The average Bonchev–Trinajstić information content (AvgIpc) is 2.29. The summed E-state index contributed by atoms with van der Waals surface area (Å²) in [5, 5.41) is 3.12. The summed E-state index contributed by atoms with van der Waals surface area (Å²) in [4.78, 5) is 16.5. The molecule has 2 atom stereocenters. The molecule has 0 saturated carbocycles. The maximum Gasteiger partial charge on any atom is 0.238 e. The van der Waals surface area contributed by atoms with Gasteiger partial charge in [-0.25, -0.2) is 0 Å². The van der Waals surface area contributed by atoms with Gasteiger partial charge in [-0.05, 0) is 11.5 Å². The average molecular weight is 239 g/mol. The summed E-state index contributed by atoms with van der Waals surface area (Å²) in [6.45, 7) is 8.70. The summed E-state index contributed by atoms with van der Waals surface area (Å²) in [5.74, 6) is -0.0700. The molecule has 96 valence electrons. The van der Waals surface area contributed by atoms with Crippen LogP contribution in [-0.4, -0.2) is 31.1 Å². The van der Waals surface area contributed by atoms with Gasteiger partial charge in [-0.15, -0.1) is 6.58 Å². The van der Waals surface area contributed by atoms with Gasteiger partial charge in [0.15, 0.2) is 0 Å². The van der Waals surface area contributed by atoms with Crippen molar-refractivity contribution in [2.24, 2.45) is 11.7 Å². The topological polar surface area (TPSA) is 76.4 Å². The molecule has 0 aromatic carbocycles. The molecular weight excluding hydrogens is 218 g/mol. The lowest BCUT2D eigenvalue weighted by Gasteiger charge is -2.30. The Kier molecular flexibility index (Phi) is 5.34. The SMILES string of the molecule is C=CCON[C@@H]1C=C(C(C)C)[C@@H](C(N)=O)NC1. The zero-order chi connectivity index (χ0) is 12.8. The van der Waals surface area contributed by atoms with E-state index in [1.165, 1.54) is 0 Å². The van der Waals surface area contributed by atoms with Crippen LogP contribution in [-0.2, 0) is 9.63 Å². The van der Waals surface area contributed by atoms with Crippen molar-refractivity contribution in [3.8, 4) is 0 Å². The number of nitrogens with two attached hydrogens (primary N) is 1. The molecule has 1 amide bonds. The molecule has 1 heterocycles. The quantitative estimate of drug-likeness (QED) is 0.349. The number of hydroxylamine groups is 1. The molecule has 0 bridgehead atoms. The third-order valence-electron chi connectivity index (χ3n) is 2.66. The maximum absolute atomic E-state index is 11.3. The van der Waals surface area contributed by atoms with Crippen LogP contribution in [0.25, 0.3) is 0 Å². The molecule has 0 saturated heterocycles. The second kappa shape index (κ2) is 6.54. The fourth-order valence-corrected chi connectivity index (χ4v) is 1.83. The number of nitrogens with one attached hydrogen (secondary N) is 2. The first-order valence-corrected chi connectivity index (χ1v) is 5.78. The summed E-state index contributed by atoms with van der Waals surface area (Å²) in [6.07, 6.45) is 3.68. The molecule has 0 fully saturated rings. The predicted octanol–water partition coefficient (Wildman–Crippen LogP) is 0.102. The van der Waals surface area contributed by atoms with E-state index < -0.39 is 0 Å². The standard InChI is InChI=1S/C12H21N3O2/c1-4-5-17-15-9-6-10(8(2)3)11(12(13)16)14-7-9/h4,6,8-9,11,14-15H,1,5,7H2,2-3H3,(H2,13,16)/t9-,11+/m1/s1. The van der Waals surface area contributed by atoms with Gasteiger partial charge in [-0.2, -0.15) is 5.48 Å². The predicted molar refractivity (Wildman–Crippen MR) is 67.0 cm³/mol. The number of hydrogen-bond acceptors (Lipinski definition) is 4. The van der Waals surface area contributed by atoms with Crippen LogP contribution < -0.4 is 16.5 Å². The number of carbonyl (C=O) groups is 1. The van der Waals surface area contributed by atoms with Crippen LogP contribution in [0, 0.1) is 5.92 Å². The Morgan fingerprint density at radius 3 is 3.06 bits per heavy atom. The normalized spacial score (nSPS) is 24.5. The van der Waals surface area contributed by atoms with Crippen LogP contribution in [0.3, 0.4) is 0 Å². The van der Waals surface area contributed by atoms with E-state index in [1.807, 2.05) is 19.9 Å². The molecule has 0 unspecified atom stereocenters. The molecular formula is C12H21N3O2. The Morgan fingerprint density at radius 2 is 2.53 bits per heavy atom. The third kappa shape index (κ3) is 3.96. The van der Waals surface area contributed by atoms with Crippen LogP contribution >= 0.6 is 0 Å². The van der Waals surface area contributed by atoms with Gasteiger partial charge in [-0.1, -0.05) is 26.0 Å². The molecule has 1 aliphatic heterocycles. The number of amides is 1. The van der Waals surface area contributed by atoms with Gasteiger partial charge in [-0.3, -0.25) is 9.63 Å². The smallest absolute Gasteiger partial charge is 0.238 e. The van der Waals surface area contributed by atoms with Crippen LogP contribution in [0.2, 0.25) is 0 Å². The van der Waals surface area contributed by atoms with Crippen LogP contribution in [0.15, 0.2) is 24.3 Å². The van der Waals surface area contributed by atoms with Gasteiger partial charge in [0, 0.05) is 6.54 Å². The van der Waals surface area contributed by atoms with Gasteiger partial charge in [0.2, 0.25) is 5.91 Å². The lowest BCUT2D eigenvalue weighted by molar-refractivity contribution is -0.119. The van der Waals surface area contributed by atoms with Crippen LogP contribution in [0.4, 0.5) is 0 Å². The van der Waals surface area contributed by atoms with Gasteiger partial charge in [0.05, 0.1) is 12.6 Å². The van der Waals surface area contributed by atoms with Crippen LogP contribution in [0.1, 0.15) is 13.8 Å². The highest BCUT2D eigenvalue weighted by Gasteiger charge is 2.27. The first-order valence-electron chi connectivity index (χ1n) is 5.78. The molecule has 1 aliphatic rings. The van der Waals surface area contributed by atoms with Crippen molar-refractivity contribution in [1.82, 2.24) is 10.8 Å². The van der Waals surface area contributed by atoms with E-state index in [9.17, 15) is 4.79 Å². The highest BCUT2D eigenvalue weighted by molar-refractivity contribution is 5.83. The van der Waals surface area contributed by atoms with Gasteiger partial charge in [0.1, 0.15) is 6.04 Å². The maximum atomic E-state index is 11.3. The van der Waals surface area contributed by atoms with Crippen molar-refractivity contribution in [1.29, 1.82) is 0 Å². The Labute approximate surface area is 102 Å². The molecule has 4 N–H and O–H groups in total. The molecule has 0 aromatic rings. The number of primary amides is 1. The van der Waals surface area contributed by atoms with Crippen LogP contribution in [0.5, 0.6) is 0 Å². The van der Waals surface area contributed by atoms with Crippen molar-refractivity contribution in [2.45, 2.75) is 25.9 Å². The zero-order valence-corrected chi connectivity index (χ0v) is 10.4. The van der Waals surface area contributed by atoms with Gasteiger partial charge in [0.25, 0.3) is 0 Å². The molecule has 1 rings (SSSR count). The monoisotopic (exact) mass is 239 g/mol. The van der Waals surface area contributed by atoms with Crippen molar-refractivity contribution < 1.29 is 9.63 Å². The van der Waals surface area contributed by atoms with Gasteiger partial charge >= 0.3 is 0 Å². The van der Waals surface area contributed by atoms with E-state index in [0.29, 0.717) is 13.2 Å². The van der Waals surface area contributed by atoms with Crippen molar-refractivity contribution in [2.75, 3.05) is 13.2 Å². The third-order valence-corrected chi connectivity index (χ3v) is 2.66. The van der Waals surface area contributed by atoms with Crippen molar-refractivity contribution in [3.63, 3.8) is 0 Å². The molecule has 5 nitrogen and oxygen atoms in total. The molecule has 5 heteroatoms. The fourth-order valence-electron chi connectivity index (χ4n) is 1.83. The lowest BCUT2D eigenvalue weighted by atomic mass is 9.90. The fraction of sp³-hybridized carbons (Fsp3) is 0.583. The Morgan fingerprint density at radius 1 is 1.82 bits per heavy atom. The van der Waals surface area contributed by atoms with E-state index in [-0.39, 0.29) is 23.9 Å². The van der Waals surface area contributed by atoms with Crippen molar-refractivity contribution >= 4 is 5.91 Å². The molecule has 0 aliphatic carbocycles. The summed E-state index contributed by atoms with van der Waals surface area (Å²) >= 11 is 0. The second-order valence-electron chi connectivity index (χ2n) is 4.39. The molecule has 17 heavy (non-hydrogen) atoms. The largest absolute Gasteiger partial charge is 0.368 e. The Bertz CT molecular complexity index is 313. The summed E-state index contributed by atoms with van der Waals surface area (Å²) in [5.41, 5.74) is 9.26. The van der Waals surface area contributed by atoms with E-state index in [0.717, 1.165) is 5.57 Å². The summed E-state index contributed by atoms with van der Waals surface area (Å²) in [6, 6.07) is -0.324. The highest BCUT2D eigenvalue weighted by atomic mass is 16.6. The lowest BCUT2D eigenvalue weighted by Crippen LogP contribution is -2.52. The van der Waals surface area contributed by atoms with E-state index in [2.05, 4.69) is 17.4 Å². The minimum Gasteiger partial charge on any atom is -0.368 e. The number of hydrogen-bond donors (Lipinski definition) is 3. The minimum absolute atomic E-state index is 0.0444. The zero-order valence-electron chi connectivity index (χ0n) is 10.4. The van der Waals surface area contributed by atoms with E-state index in [4.69, 9.17) is 10.6 Å². The Hall–Kier alpha value is -1.17. The van der Waals surface area contributed by atoms with Crippen molar-refractivity contribution in [3.05, 3.63) is 24.3 Å². The number of rotatable bonds is 6. The Balaban J connectivity index is 2.67. The number of carbonyl (C=O) groups excluding carboxylic acids is 1. The summed E-state index contributed by atoms with van der Waals surface area (Å²) in [7, 11) is 0. The second-order valence-corrected chi connectivity index (χ2v) is 4.39. The van der Waals surface area contributed by atoms with E-state index >= 15 is 0 Å². The van der Waals surface area contributed by atoms with Gasteiger partial charge < -0.3 is 11.1 Å². The first-order chi connectivity index (χ1) is 8.06. The first kappa shape index (κ1) is 13.9. The molecule has 0 aromatic heterocycles. The molecule has 0 spiro atoms.